The minimum absolute atomic E-state index is 0.0763. The summed E-state index contributed by atoms with van der Waals surface area (Å²) < 4.78 is 10.9. The van der Waals surface area contributed by atoms with Gasteiger partial charge in [0.2, 0.25) is 0 Å². The van der Waals surface area contributed by atoms with Gasteiger partial charge in [-0.1, -0.05) is 48.5 Å². The third-order valence-corrected chi connectivity index (χ3v) is 4.80. The van der Waals surface area contributed by atoms with Crippen LogP contribution in [0.1, 0.15) is 23.6 Å². The number of para-hydroxylation sites is 2. The van der Waals surface area contributed by atoms with Gasteiger partial charge in [0.25, 0.3) is 0 Å². The van der Waals surface area contributed by atoms with Crippen LogP contribution in [-0.4, -0.2) is 19.9 Å². The number of fused-ring (bicyclic) bond motifs is 1. The molecule has 1 aliphatic rings. The van der Waals surface area contributed by atoms with E-state index < -0.39 is 0 Å². The lowest BCUT2D eigenvalue weighted by molar-refractivity contribution is 0.354. The Morgan fingerprint density at radius 1 is 0.852 bits per heavy atom. The Morgan fingerprint density at radius 3 is 2.37 bits per heavy atom. The lowest BCUT2D eigenvalue weighted by atomic mass is 9.97. The normalized spacial score (nSPS) is 15.8. The Morgan fingerprint density at radius 2 is 1.59 bits per heavy atom. The van der Waals surface area contributed by atoms with Gasteiger partial charge in [-0.2, -0.15) is 0 Å². The van der Waals surface area contributed by atoms with E-state index in [9.17, 15) is 0 Å². The van der Waals surface area contributed by atoms with Crippen molar-refractivity contribution >= 4 is 17.1 Å². The molecule has 1 N–H and O–H groups in total. The van der Waals surface area contributed by atoms with Gasteiger partial charge in [0.1, 0.15) is 0 Å². The van der Waals surface area contributed by atoms with E-state index in [2.05, 4.69) is 29.6 Å². The summed E-state index contributed by atoms with van der Waals surface area (Å²) in [6.45, 7) is 0. The minimum atomic E-state index is 0.0763. The molecule has 0 aliphatic carbocycles. The second kappa shape index (κ2) is 7.54. The van der Waals surface area contributed by atoms with Gasteiger partial charge in [-0.05, 0) is 35.4 Å². The van der Waals surface area contributed by atoms with Crippen molar-refractivity contribution in [2.75, 3.05) is 19.5 Å². The maximum atomic E-state index is 5.50. The maximum Gasteiger partial charge on any atom is 0.161 e. The van der Waals surface area contributed by atoms with Crippen LogP contribution < -0.4 is 14.8 Å². The molecule has 0 radical (unpaired) electrons. The Hall–Kier alpha value is -3.27. The molecular weight excluding hydrogens is 336 g/mol. The summed E-state index contributed by atoms with van der Waals surface area (Å²) in [7, 11) is 3.31. The SMILES string of the molecule is COc1ccc(C2CC(c3ccccc3)=Nc3ccccc3N2)cc1OC. The Balaban J connectivity index is 1.78. The molecule has 1 heterocycles. The number of ether oxygens (including phenoxy) is 2. The number of anilines is 1. The second-order valence-electron chi connectivity index (χ2n) is 6.46. The summed E-state index contributed by atoms with van der Waals surface area (Å²) in [5.74, 6) is 1.46. The lowest BCUT2D eigenvalue weighted by Gasteiger charge is -2.20. The molecule has 1 atom stereocenters. The molecule has 4 nitrogen and oxygen atoms in total. The number of hydrogen-bond donors (Lipinski definition) is 1. The summed E-state index contributed by atoms with van der Waals surface area (Å²) >= 11 is 0. The summed E-state index contributed by atoms with van der Waals surface area (Å²) in [4.78, 5) is 4.96. The maximum absolute atomic E-state index is 5.50. The summed E-state index contributed by atoms with van der Waals surface area (Å²) in [6.07, 6.45) is 0.772. The first kappa shape index (κ1) is 17.2. The zero-order valence-corrected chi connectivity index (χ0v) is 15.5. The van der Waals surface area contributed by atoms with E-state index in [1.807, 2.05) is 48.5 Å². The Kier molecular flexibility index (Phi) is 4.79. The van der Waals surface area contributed by atoms with Crippen LogP contribution in [0, 0.1) is 0 Å². The highest BCUT2D eigenvalue weighted by Gasteiger charge is 2.22. The average molecular weight is 358 g/mol. The summed E-state index contributed by atoms with van der Waals surface area (Å²) in [6, 6.07) is 24.6. The van der Waals surface area contributed by atoms with Crippen molar-refractivity contribution in [2.45, 2.75) is 12.5 Å². The standard InChI is InChI=1S/C23H22N2O2/c1-26-22-13-12-17(14-23(22)27-2)21-15-20(16-8-4-3-5-9-16)24-18-10-6-7-11-19(18)25-21/h3-14,21,25H,15H2,1-2H3. The third kappa shape index (κ3) is 3.51. The molecule has 0 spiro atoms. The van der Waals surface area contributed by atoms with Gasteiger partial charge in [-0.15, -0.1) is 0 Å². The molecule has 0 fully saturated rings. The van der Waals surface area contributed by atoms with Crippen LogP contribution in [0.3, 0.4) is 0 Å². The highest BCUT2D eigenvalue weighted by molar-refractivity contribution is 6.04. The van der Waals surface area contributed by atoms with Gasteiger partial charge in [0.15, 0.2) is 11.5 Å². The number of methoxy groups -OCH3 is 2. The second-order valence-corrected chi connectivity index (χ2v) is 6.46. The number of benzene rings is 3. The molecule has 27 heavy (non-hydrogen) atoms. The van der Waals surface area contributed by atoms with Gasteiger partial charge in [0, 0.05) is 6.42 Å². The number of rotatable bonds is 4. The van der Waals surface area contributed by atoms with Crippen molar-refractivity contribution < 1.29 is 9.47 Å². The molecule has 1 unspecified atom stereocenters. The summed E-state index contributed by atoms with van der Waals surface area (Å²) in [5, 5.41) is 3.65. The largest absolute Gasteiger partial charge is 0.493 e. The van der Waals surface area contributed by atoms with Crippen LogP contribution in [0.2, 0.25) is 0 Å². The molecule has 136 valence electrons. The van der Waals surface area contributed by atoms with Crippen molar-refractivity contribution in [2.24, 2.45) is 4.99 Å². The third-order valence-electron chi connectivity index (χ3n) is 4.80. The molecule has 1 aliphatic heterocycles. The first-order valence-corrected chi connectivity index (χ1v) is 8.99. The fraction of sp³-hybridized carbons (Fsp3) is 0.174. The van der Waals surface area contributed by atoms with Crippen molar-refractivity contribution in [3.63, 3.8) is 0 Å². The van der Waals surface area contributed by atoms with Crippen LogP contribution in [0.5, 0.6) is 11.5 Å². The monoisotopic (exact) mass is 358 g/mol. The molecule has 4 heteroatoms. The van der Waals surface area contributed by atoms with E-state index >= 15 is 0 Å². The van der Waals surface area contributed by atoms with E-state index in [-0.39, 0.29) is 6.04 Å². The van der Waals surface area contributed by atoms with E-state index in [0.717, 1.165) is 46.1 Å². The lowest BCUT2D eigenvalue weighted by Crippen LogP contribution is -2.14. The van der Waals surface area contributed by atoms with E-state index in [1.165, 1.54) is 0 Å². The molecule has 0 aromatic heterocycles. The number of nitrogens with zero attached hydrogens (tertiary/aromatic N) is 1. The molecule has 0 bridgehead atoms. The van der Waals surface area contributed by atoms with E-state index in [0.29, 0.717) is 0 Å². The van der Waals surface area contributed by atoms with Crippen molar-refractivity contribution in [3.8, 4) is 11.5 Å². The molecule has 0 saturated carbocycles. The first-order valence-electron chi connectivity index (χ1n) is 8.99. The van der Waals surface area contributed by atoms with E-state index in [4.69, 9.17) is 14.5 Å². The Bertz CT molecular complexity index is 967. The molecule has 0 amide bonds. The predicted octanol–water partition coefficient (Wildman–Crippen LogP) is 5.38. The average Bonchev–Trinajstić information content (AvgIpc) is 2.93. The summed E-state index contributed by atoms with van der Waals surface area (Å²) in [5.41, 5.74) is 5.32. The van der Waals surface area contributed by atoms with Gasteiger partial charge < -0.3 is 14.8 Å². The first-order chi connectivity index (χ1) is 13.3. The van der Waals surface area contributed by atoms with Crippen LogP contribution >= 0.6 is 0 Å². The van der Waals surface area contributed by atoms with Gasteiger partial charge in [-0.3, -0.25) is 4.99 Å². The zero-order chi connectivity index (χ0) is 18.6. The minimum Gasteiger partial charge on any atom is -0.493 e. The predicted molar refractivity (Wildman–Crippen MR) is 110 cm³/mol. The zero-order valence-electron chi connectivity index (χ0n) is 15.5. The van der Waals surface area contributed by atoms with E-state index in [1.54, 1.807) is 14.2 Å². The van der Waals surface area contributed by atoms with Crippen LogP contribution in [0.4, 0.5) is 11.4 Å². The quantitative estimate of drug-likeness (QED) is 0.681. The number of aliphatic imine (C=N–C) groups is 1. The van der Waals surface area contributed by atoms with Crippen molar-refractivity contribution in [1.29, 1.82) is 0 Å². The molecule has 3 aromatic rings. The molecular formula is C23H22N2O2. The highest BCUT2D eigenvalue weighted by Crippen LogP contribution is 2.37. The van der Waals surface area contributed by atoms with Gasteiger partial charge in [0.05, 0.1) is 37.3 Å². The highest BCUT2D eigenvalue weighted by atomic mass is 16.5. The fourth-order valence-corrected chi connectivity index (χ4v) is 3.40. The number of hydrogen-bond acceptors (Lipinski definition) is 4. The van der Waals surface area contributed by atoms with Gasteiger partial charge >= 0.3 is 0 Å². The van der Waals surface area contributed by atoms with Crippen molar-refractivity contribution in [1.82, 2.24) is 0 Å². The topological polar surface area (TPSA) is 42.8 Å². The fourth-order valence-electron chi connectivity index (χ4n) is 3.40. The number of nitrogens with one attached hydrogen (secondary N) is 1. The molecule has 3 aromatic carbocycles. The van der Waals surface area contributed by atoms with Crippen LogP contribution in [0.25, 0.3) is 0 Å². The van der Waals surface area contributed by atoms with Crippen LogP contribution in [-0.2, 0) is 0 Å². The Labute approximate surface area is 159 Å². The molecule has 0 saturated heterocycles. The van der Waals surface area contributed by atoms with Crippen molar-refractivity contribution in [3.05, 3.63) is 83.9 Å². The van der Waals surface area contributed by atoms with Gasteiger partial charge in [-0.25, -0.2) is 0 Å². The molecule has 4 rings (SSSR count). The smallest absolute Gasteiger partial charge is 0.161 e. The van der Waals surface area contributed by atoms with Crippen LogP contribution in [0.15, 0.2) is 77.8 Å².